The van der Waals surface area contributed by atoms with E-state index in [1.807, 2.05) is 61.2 Å². The molecule has 3 rings (SSSR count). The molecule has 0 radical (unpaired) electrons. The average molecular weight is 400 g/mol. The molecule has 1 atom stereocenters. The summed E-state index contributed by atoms with van der Waals surface area (Å²) < 4.78 is 0. The molecule has 5 nitrogen and oxygen atoms in total. The van der Waals surface area contributed by atoms with Crippen molar-refractivity contribution >= 4 is 29.1 Å². The highest BCUT2D eigenvalue weighted by atomic mass is 35.5. The van der Waals surface area contributed by atoms with Gasteiger partial charge in [0.25, 0.3) is 5.91 Å². The molecule has 1 aliphatic heterocycles. The van der Waals surface area contributed by atoms with Gasteiger partial charge in [0.2, 0.25) is 5.91 Å². The molecule has 2 aromatic carbocycles. The minimum absolute atomic E-state index is 0.00163. The maximum atomic E-state index is 13.1. The summed E-state index contributed by atoms with van der Waals surface area (Å²) in [5.41, 5.74) is 1.55. The lowest BCUT2D eigenvalue weighted by molar-refractivity contribution is -0.134. The second-order valence-corrected chi connectivity index (χ2v) is 7.73. The van der Waals surface area contributed by atoms with Crippen LogP contribution in [0.4, 0.5) is 5.69 Å². The monoisotopic (exact) mass is 399 g/mol. The molecule has 1 N–H and O–H groups in total. The predicted octanol–water partition coefficient (Wildman–Crippen LogP) is 3.44. The van der Waals surface area contributed by atoms with Crippen LogP contribution in [0.3, 0.4) is 0 Å². The molecule has 0 bridgehead atoms. The van der Waals surface area contributed by atoms with E-state index in [0.717, 1.165) is 10.7 Å². The first kappa shape index (κ1) is 20.2. The normalized spacial score (nSPS) is 15.4. The van der Waals surface area contributed by atoms with Gasteiger partial charge in [-0.05, 0) is 30.2 Å². The molecule has 148 valence electrons. The Labute approximate surface area is 171 Å². The summed E-state index contributed by atoms with van der Waals surface area (Å²) in [7, 11) is 0. The molecule has 0 spiro atoms. The zero-order chi connectivity index (χ0) is 20.1. The van der Waals surface area contributed by atoms with Crippen molar-refractivity contribution < 1.29 is 9.59 Å². The number of nitrogens with one attached hydrogen (secondary N) is 1. The standard InChI is InChI=1S/C22H26ClN3O2/c1-16(2)20(24-21(27)17-8-4-3-5-9-17)22(28)26-14-12-25(13-15-26)19-11-7-6-10-18(19)23/h3-11,16,20H,12-15H2,1-2H3,(H,24,27). The molecule has 0 saturated carbocycles. The highest BCUT2D eigenvalue weighted by Gasteiger charge is 2.31. The summed E-state index contributed by atoms with van der Waals surface area (Å²) in [6.45, 7) is 6.55. The van der Waals surface area contributed by atoms with E-state index in [-0.39, 0.29) is 17.7 Å². The minimum atomic E-state index is -0.542. The van der Waals surface area contributed by atoms with Crippen LogP contribution >= 0.6 is 11.6 Å². The molecule has 28 heavy (non-hydrogen) atoms. The number of carbonyl (C=O) groups is 2. The third-order valence-electron chi connectivity index (χ3n) is 5.04. The van der Waals surface area contributed by atoms with Crippen molar-refractivity contribution in [1.29, 1.82) is 0 Å². The van der Waals surface area contributed by atoms with Gasteiger partial charge in [-0.25, -0.2) is 0 Å². The number of carbonyl (C=O) groups excluding carboxylic acids is 2. The summed E-state index contributed by atoms with van der Waals surface area (Å²) in [4.78, 5) is 29.6. The predicted molar refractivity (Wildman–Crippen MR) is 113 cm³/mol. The summed E-state index contributed by atoms with van der Waals surface area (Å²) in [6, 6.07) is 16.2. The second-order valence-electron chi connectivity index (χ2n) is 7.32. The van der Waals surface area contributed by atoms with E-state index in [1.165, 1.54) is 0 Å². The van der Waals surface area contributed by atoms with Crippen molar-refractivity contribution in [1.82, 2.24) is 10.2 Å². The maximum Gasteiger partial charge on any atom is 0.251 e. The average Bonchev–Trinajstić information content (AvgIpc) is 2.72. The molecular weight excluding hydrogens is 374 g/mol. The number of benzene rings is 2. The zero-order valence-corrected chi connectivity index (χ0v) is 17.0. The number of halogens is 1. The summed E-state index contributed by atoms with van der Waals surface area (Å²) in [6.07, 6.45) is 0. The zero-order valence-electron chi connectivity index (χ0n) is 16.3. The smallest absolute Gasteiger partial charge is 0.251 e. The first-order chi connectivity index (χ1) is 13.5. The minimum Gasteiger partial charge on any atom is -0.367 e. The van der Waals surface area contributed by atoms with Gasteiger partial charge in [0.15, 0.2) is 0 Å². The van der Waals surface area contributed by atoms with Crippen LogP contribution in [0, 0.1) is 5.92 Å². The van der Waals surface area contributed by atoms with Gasteiger partial charge < -0.3 is 15.1 Å². The topological polar surface area (TPSA) is 52.7 Å². The van der Waals surface area contributed by atoms with Crippen molar-refractivity contribution in [2.75, 3.05) is 31.1 Å². The Kier molecular flexibility index (Phi) is 6.57. The number of hydrogen-bond acceptors (Lipinski definition) is 3. The lowest BCUT2D eigenvalue weighted by Gasteiger charge is -2.38. The fraction of sp³-hybridized carbons (Fsp3) is 0.364. The second kappa shape index (κ2) is 9.11. The van der Waals surface area contributed by atoms with Gasteiger partial charge in [-0.1, -0.05) is 55.8 Å². The number of rotatable bonds is 5. The summed E-state index contributed by atoms with van der Waals surface area (Å²) in [5.74, 6) is -0.248. The Bertz CT molecular complexity index is 818. The number of piperazine rings is 1. The SMILES string of the molecule is CC(C)C(NC(=O)c1ccccc1)C(=O)N1CCN(c2ccccc2Cl)CC1. The van der Waals surface area contributed by atoms with Gasteiger partial charge in [0.05, 0.1) is 10.7 Å². The van der Waals surface area contributed by atoms with E-state index >= 15 is 0 Å². The fourth-order valence-corrected chi connectivity index (χ4v) is 3.66. The van der Waals surface area contributed by atoms with E-state index in [4.69, 9.17) is 11.6 Å². The number of nitrogens with zero attached hydrogens (tertiary/aromatic N) is 2. The van der Waals surface area contributed by atoms with E-state index in [2.05, 4.69) is 10.2 Å². The summed E-state index contributed by atoms with van der Waals surface area (Å²) in [5, 5.41) is 3.64. The number of para-hydroxylation sites is 1. The van der Waals surface area contributed by atoms with Gasteiger partial charge in [-0.2, -0.15) is 0 Å². The van der Waals surface area contributed by atoms with Crippen LogP contribution in [0.1, 0.15) is 24.2 Å². The maximum absolute atomic E-state index is 13.1. The lowest BCUT2D eigenvalue weighted by atomic mass is 10.0. The Balaban J connectivity index is 1.63. The van der Waals surface area contributed by atoms with Crippen molar-refractivity contribution in [3.63, 3.8) is 0 Å². The fourth-order valence-electron chi connectivity index (χ4n) is 3.40. The summed E-state index contributed by atoms with van der Waals surface area (Å²) >= 11 is 6.29. The first-order valence-corrected chi connectivity index (χ1v) is 9.99. The highest BCUT2D eigenvalue weighted by Crippen LogP contribution is 2.26. The Morgan fingerprint density at radius 3 is 2.14 bits per heavy atom. The van der Waals surface area contributed by atoms with Crippen LogP contribution in [0.5, 0.6) is 0 Å². The van der Waals surface area contributed by atoms with Gasteiger partial charge in [-0.3, -0.25) is 9.59 Å². The molecule has 0 aromatic heterocycles. The Morgan fingerprint density at radius 2 is 1.54 bits per heavy atom. The third-order valence-corrected chi connectivity index (χ3v) is 5.36. The number of hydrogen-bond donors (Lipinski definition) is 1. The molecule has 1 aliphatic rings. The largest absolute Gasteiger partial charge is 0.367 e. The molecule has 1 unspecified atom stereocenters. The Hall–Kier alpha value is -2.53. The van der Waals surface area contributed by atoms with Crippen molar-refractivity contribution in [2.24, 2.45) is 5.92 Å². The molecule has 2 amide bonds. The quantitative estimate of drug-likeness (QED) is 0.837. The molecule has 1 saturated heterocycles. The van der Waals surface area contributed by atoms with Crippen LogP contribution < -0.4 is 10.2 Å². The van der Waals surface area contributed by atoms with Gasteiger partial charge in [0, 0.05) is 31.7 Å². The molecular formula is C22H26ClN3O2. The van der Waals surface area contributed by atoms with Gasteiger partial charge in [0.1, 0.15) is 6.04 Å². The van der Waals surface area contributed by atoms with Gasteiger partial charge in [-0.15, -0.1) is 0 Å². The van der Waals surface area contributed by atoms with Crippen LogP contribution in [0.25, 0.3) is 0 Å². The molecule has 1 fully saturated rings. The van der Waals surface area contributed by atoms with Crippen molar-refractivity contribution in [2.45, 2.75) is 19.9 Å². The molecule has 0 aliphatic carbocycles. The van der Waals surface area contributed by atoms with Crippen molar-refractivity contribution in [3.8, 4) is 0 Å². The third kappa shape index (κ3) is 4.65. The Morgan fingerprint density at radius 1 is 0.929 bits per heavy atom. The van der Waals surface area contributed by atoms with Crippen LogP contribution in [-0.4, -0.2) is 48.9 Å². The van der Waals surface area contributed by atoms with E-state index in [0.29, 0.717) is 31.7 Å². The van der Waals surface area contributed by atoms with Crippen molar-refractivity contribution in [3.05, 3.63) is 65.2 Å². The van der Waals surface area contributed by atoms with E-state index < -0.39 is 6.04 Å². The molecule has 2 aromatic rings. The van der Waals surface area contributed by atoms with E-state index in [9.17, 15) is 9.59 Å². The van der Waals surface area contributed by atoms with Gasteiger partial charge >= 0.3 is 0 Å². The first-order valence-electron chi connectivity index (χ1n) is 9.61. The lowest BCUT2D eigenvalue weighted by Crippen LogP contribution is -2.56. The highest BCUT2D eigenvalue weighted by molar-refractivity contribution is 6.33. The molecule has 1 heterocycles. The number of amides is 2. The number of anilines is 1. The van der Waals surface area contributed by atoms with Crippen LogP contribution in [0.2, 0.25) is 5.02 Å². The van der Waals surface area contributed by atoms with Crippen LogP contribution in [-0.2, 0) is 4.79 Å². The van der Waals surface area contributed by atoms with Crippen LogP contribution in [0.15, 0.2) is 54.6 Å². The molecule has 6 heteroatoms. The van der Waals surface area contributed by atoms with E-state index in [1.54, 1.807) is 12.1 Å².